The first-order chi connectivity index (χ1) is 9.27. The van der Waals surface area contributed by atoms with E-state index in [-0.39, 0.29) is 18.0 Å². The van der Waals surface area contributed by atoms with E-state index in [9.17, 15) is 0 Å². The average molecular weight is 278 g/mol. The Balaban J connectivity index is 2.29. The first-order valence-electron chi connectivity index (χ1n) is 6.85. The molecular weight excluding hydrogens is 255 g/mol. The SMILES string of the molecule is COCOc1cc(C)ccc1B1OC(C)(C)C(C)(C)O1. The second-order valence-corrected chi connectivity index (χ2v) is 6.18. The Hall–Kier alpha value is -1.04. The van der Waals surface area contributed by atoms with Crippen molar-refractivity contribution in [1.82, 2.24) is 0 Å². The fraction of sp³-hybridized carbons (Fsp3) is 0.600. The molecule has 0 aliphatic carbocycles. The lowest BCUT2D eigenvalue weighted by Crippen LogP contribution is -2.41. The third kappa shape index (κ3) is 2.85. The standard InChI is InChI=1S/C15H23BO4/c1-11-7-8-12(13(9-11)18-10-17-6)16-19-14(2,3)15(4,5)20-16/h7-9H,10H2,1-6H3. The Morgan fingerprint density at radius 1 is 1.10 bits per heavy atom. The predicted molar refractivity (Wildman–Crippen MR) is 79.4 cm³/mol. The highest BCUT2D eigenvalue weighted by molar-refractivity contribution is 6.63. The molecule has 0 N–H and O–H groups in total. The third-order valence-electron chi connectivity index (χ3n) is 4.01. The molecule has 0 bridgehead atoms. The van der Waals surface area contributed by atoms with Crippen LogP contribution in [0.1, 0.15) is 33.3 Å². The van der Waals surface area contributed by atoms with Crippen molar-refractivity contribution in [1.29, 1.82) is 0 Å². The van der Waals surface area contributed by atoms with Gasteiger partial charge < -0.3 is 18.8 Å². The molecule has 20 heavy (non-hydrogen) atoms. The van der Waals surface area contributed by atoms with Crippen LogP contribution in [0.2, 0.25) is 0 Å². The third-order valence-corrected chi connectivity index (χ3v) is 4.01. The lowest BCUT2D eigenvalue weighted by molar-refractivity contribution is 0.00578. The van der Waals surface area contributed by atoms with Crippen LogP contribution in [0.4, 0.5) is 0 Å². The molecule has 0 unspecified atom stereocenters. The van der Waals surface area contributed by atoms with Gasteiger partial charge in [-0.3, -0.25) is 0 Å². The van der Waals surface area contributed by atoms with Crippen molar-refractivity contribution in [2.75, 3.05) is 13.9 Å². The van der Waals surface area contributed by atoms with E-state index in [0.29, 0.717) is 0 Å². The van der Waals surface area contributed by atoms with Crippen LogP contribution < -0.4 is 10.2 Å². The number of hydrogen-bond acceptors (Lipinski definition) is 4. The van der Waals surface area contributed by atoms with Crippen LogP contribution in [0.3, 0.4) is 0 Å². The van der Waals surface area contributed by atoms with Crippen LogP contribution in [-0.2, 0) is 14.0 Å². The Morgan fingerprint density at radius 2 is 1.70 bits per heavy atom. The molecular formula is C15H23BO4. The fourth-order valence-corrected chi connectivity index (χ4v) is 2.05. The highest BCUT2D eigenvalue weighted by Gasteiger charge is 2.52. The van der Waals surface area contributed by atoms with Gasteiger partial charge in [0.1, 0.15) is 5.75 Å². The van der Waals surface area contributed by atoms with Gasteiger partial charge >= 0.3 is 7.12 Å². The van der Waals surface area contributed by atoms with E-state index in [1.165, 1.54) is 0 Å². The van der Waals surface area contributed by atoms with E-state index in [2.05, 4.69) is 0 Å². The summed E-state index contributed by atoms with van der Waals surface area (Å²) in [6, 6.07) is 5.99. The highest BCUT2D eigenvalue weighted by Crippen LogP contribution is 2.37. The number of benzene rings is 1. The Kier molecular flexibility index (Phi) is 4.14. The zero-order valence-corrected chi connectivity index (χ0v) is 13.1. The van der Waals surface area contributed by atoms with Crippen LogP contribution in [0.25, 0.3) is 0 Å². The zero-order chi connectivity index (χ0) is 15.0. The Labute approximate surface area is 121 Å². The second-order valence-electron chi connectivity index (χ2n) is 6.18. The Morgan fingerprint density at radius 3 is 2.25 bits per heavy atom. The number of methoxy groups -OCH3 is 1. The van der Waals surface area contributed by atoms with Gasteiger partial charge in [0.15, 0.2) is 6.79 Å². The minimum absolute atomic E-state index is 0.204. The van der Waals surface area contributed by atoms with Crippen molar-refractivity contribution in [2.24, 2.45) is 0 Å². The molecule has 2 rings (SSSR count). The van der Waals surface area contributed by atoms with Crippen molar-refractivity contribution in [3.63, 3.8) is 0 Å². The van der Waals surface area contributed by atoms with Crippen molar-refractivity contribution >= 4 is 12.6 Å². The van der Waals surface area contributed by atoms with Crippen molar-refractivity contribution < 1.29 is 18.8 Å². The van der Waals surface area contributed by atoms with Crippen molar-refractivity contribution in [3.05, 3.63) is 23.8 Å². The molecule has 1 fully saturated rings. The maximum atomic E-state index is 6.07. The van der Waals surface area contributed by atoms with Crippen LogP contribution in [0.5, 0.6) is 5.75 Å². The van der Waals surface area contributed by atoms with Gasteiger partial charge in [-0.15, -0.1) is 0 Å². The maximum Gasteiger partial charge on any atom is 0.498 e. The molecule has 1 saturated heterocycles. The summed E-state index contributed by atoms with van der Waals surface area (Å²) >= 11 is 0. The summed E-state index contributed by atoms with van der Waals surface area (Å²) in [6.07, 6.45) is 0. The van der Waals surface area contributed by atoms with E-state index in [1.54, 1.807) is 7.11 Å². The van der Waals surface area contributed by atoms with Gasteiger partial charge in [0.25, 0.3) is 0 Å². The summed E-state index contributed by atoms with van der Waals surface area (Å²) in [5.41, 5.74) is 1.30. The predicted octanol–water partition coefficient (Wildman–Crippen LogP) is 2.28. The number of hydrogen-bond donors (Lipinski definition) is 0. The molecule has 1 heterocycles. The molecule has 4 nitrogen and oxygen atoms in total. The lowest BCUT2D eigenvalue weighted by atomic mass is 9.78. The minimum Gasteiger partial charge on any atom is -0.468 e. The van der Waals surface area contributed by atoms with E-state index in [1.807, 2.05) is 52.8 Å². The topological polar surface area (TPSA) is 36.9 Å². The maximum absolute atomic E-state index is 6.07. The van der Waals surface area contributed by atoms with Gasteiger partial charge in [-0.05, 0) is 46.2 Å². The number of aryl methyl sites for hydroxylation is 1. The van der Waals surface area contributed by atoms with E-state index < -0.39 is 7.12 Å². The summed E-state index contributed by atoms with van der Waals surface area (Å²) in [4.78, 5) is 0. The lowest BCUT2D eigenvalue weighted by Gasteiger charge is -2.32. The number of ether oxygens (including phenoxy) is 2. The van der Waals surface area contributed by atoms with Crippen LogP contribution >= 0.6 is 0 Å². The summed E-state index contributed by atoms with van der Waals surface area (Å²) in [7, 11) is 1.18. The fourth-order valence-electron chi connectivity index (χ4n) is 2.05. The summed E-state index contributed by atoms with van der Waals surface area (Å²) in [5, 5.41) is 0. The van der Waals surface area contributed by atoms with E-state index >= 15 is 0 Å². The van der Waals surface area contributed by atoms with Crippen LogP contribution in [0, 0.1) is 6.92 Å². The molecule has 0 radical (unpaired) electrons. The molecule has 110 valence electrons. The summed E-state index contributed by atoms with van der Waals surface area (Å²) in [6.45, 7) is 10.4. The van der Waals surface area contributed by atoms with E-state index in [4.69, 9.17) is 18.8 Å². The molecule has 1 aromatic carbocycles. The first kappa shape index (κ1) is 15.4. The van der Waals surface area contributed by atoms with Crippen molar-refractivity contribution in [3.8, 4) is 5.75 Å². The summed E-state index contributed by atoms with van der Waals surface area (Å²) < 4.78 is 22.8. The van der Waals surface area contributed by atoms with Gasteiger partial charge in [0.05, 0.1) is 11.2 Å². The molecule has 0 aromatic heterocycles. The van der Waals surface area contributed by atoms with Gasteiger partial charge in [0, 0.05) is 12.6 Å². The molecule has 0 saturated carbocycles. The molecule has 0 atom stereocenters. The average Bonchev–Trinajstić information content (AvgIpc) is 2.55. The second kappa shape index (κ2) is 5.39. The molecule has 0 spiro atoms. The van der Waals surface area contributed by atoms with Crippen LogP contribution in [0.15, 0.2) is 18.2 Å². The largest absolute Gasteiger partial charge is 0.498 e. The van der Waals surface area contributed by atoms with Gasteiger partial charge in [-0.1, -0.05) is 12.1 Å². The van der Waals surface area contributed by atoms with E-state index in [0.717, 1.165) is 16.8 Å². The van der Waals surface area contributed by atoms with Crippen molar-refractivity contribution in [2.45, 2.75) is 45.8 Å². The molecule has 1 aromatic rings. The van der Waals surface area contributed by atoms with Crippen LogP contribution in [-0.4, -0.2) is 32.2 Å². The van der Waals surface area contributed by atoms with Gasteiger partial charge in [-0.25, -0.2) is 0 Å². The normalized spacial score (nSPS) is 20.2. The van der Waals surface area contributed by atoms with Gasteiger partial charge in [0.2, 0.25) is 0 Å². The monoisotopic (exact) mass is 278 g/mol. The zero-order valence-electron chi connectivity index (χ0n) is 13.1. The minimum atomic E-state index is -0.424. The first-order valence-corrected chi connectivity index (χ1v) is 6.85. The number of rotatable bonds is 4. The Bertz CT molecular complexity index is 469. The highest BCUT2D eigenvalue weighted by atomic mass is 16.7. The molecule has 5 heteroatoms. The van der Waals surface area contributed by atoms with Gasteiger partial charge in [-0.2, -0.15) is 0 Å². The molecule has 1 aliphatic rings. The summed E-state index contributed by atoms with van der Waals surface area (Å²) in [5.74, 6) is 0.741. The quantitative estimate of drug-likeness (QED) is 0.625. The molecule has 0 amide bonds. The molecule has 1 aliphatic heterocycles. The smallest absolute Gasteiger partial charge is 0.468 e.